The number of rotatable bonds is 5. The number of aromatic hydroxyl groups is 1. The normalized spacial score (nSPS) is 14.1. The van der Waals surface area contributed by atoms with Crippen molar-refractivity contribution in [1.82, 2.24) is 14.9 Å². The molecule has 1 N–H and O–H groups in total. The molecule has 1 fully saturated rings. The van der Waals surface area contributed by atoms with Gasteiger partial charge in [-0.05, 0) is 65.2 Å². The summed E-state index contributed by atoms with van der Waals surface area (Å²) in [4.78, 5) is 38.7. The number of carbonyl (C=O) groups is 2. The minimum absolute atomic E-state index is 0.0389. The zero-order valence-electron chi connectivity index (χ0n) is 18.4. The van der Waals surface area contributed by atoms with Crippen LogP contribution in [0.1, 0.15) is 33.7 Å². The van der Waals surface area contributed by atoms with E-state index in [1.807, 2.05) is 23.1 Å². The third kappa shape index (κ3) is 5.57. The molecule has 0 unspecified atom stereocenters. The summed E-state index contributed by atoms with van der Waals surface area (Å²) in [6, 6.07) is 14.0. The molecule has 7 nitrogen and oxygen atoms in total. The number of benzene rings is 1. The number of anilines is 1. The average Bonchev–Trinajstić information content (AvgIpc) is 3.07. The summed E-state index contributed by atoms with van der Waals surface area (Å²) in [6.45, 7) is 4.43. The van der Waals surface area contributed by atoms with Gasteiger partial charge >= 0.3 is 0 Å². The summed E-state index contributed by atoms with van der Waals surface area (Å²) in [5.74, 6) is 0.762. The number of hydrogen-bond acceptors (Lipinski definition) is 6. The molecule has 4 rings (SSSR count). The molecule has 3 heterocycles. The summed E-state index contributed by atoms with van der Waals surface area (Å²) in [6.07, 6.45) is 2.73. The Balaban J connectivity index is 1.44. The van der Waals surface area contributed by atoms with Gasteiger partial charge in [-0.25, -0.2) is 4.98 Å². The van der Waals surface area contributed by atoms with E-state index in [4.69, 9.17) is 0 Å². The van der Waals surface area contributed by atoms with Crippen LogP contribution in [0.5, 0.6) is 5.75 Å². The van der Waals surface area contributed by atoms with Crippen LogP contribution in [0.15, 0.2) is 59.2 Å². The van der Waals surface area contributed by atoms with E-state index in [0.29, 0.717) is 36.6 Å². The second-order valence-electron chi connectivity index (χ2n) is 8.06. The molecule has 0 radical (unpaired) electrons. The highest BCUT2D eigenvalue weighted by atomic mass is 79.9. The van der Waals surface area contributed by atoms with Crippen molar-refractivity contribution >= 4 is 33.4 Å². The Labute approximate surface area is 201 Å². The van der Waals surface area contributed by atoms with Crippen LogP contribution >= 0.6 is 15.9 Å². The second-order valence-corrected chi connectivity index (χ2v) is 8.98. The zero-order chi connectivity index (χ0) is 23.4. The van der Waals surface area contributed by atoms with Crippen LogP contribution in [0.3, 0.4) is 0 Å². The molecular formula is C25H25BrN4O3. The summed E-state index contributed by atoms with van der Waals surface area (Å²) >= 11 is 3.38. The van der Waals surface area contributed by atoms with Gasteiger partial charge in [0.15, 0.2) is 0 Å². The lowest BCUT2D eigenvalue weighted by Gasteiger charge is -2.23. The van der Waals surface area contributed by atoms with E-state index in [0.717, 1.165) is 28.8 Å². The second kappa shape index (κ2) is 10.1. The minimum Gasteiger partial charge on any atom is -0.508 e. The van der Waals surface area contributed by atoms with Crippen LogP contribution in [0, 0.1) is 6.92 Å². The van der Waals surface area contributed by atoms with Gasteiger partial charge in [-0.1, -0.05) is 18.2 Å². The first-order valence-corrected chi connectivity index (χ1v) is 11.6. The highest BCUT2D eigenvalue weighted by Gasteiger charge is 2.21. The fraction of sp³-hybridized carbons (Fsp3) is 0.280. The van der Waals surface area contributed by atoms with Crippen LogP contribution in [-0.4, -0.2) is 57.8 Å². The van der Waals surface area contributed by atoms with E-state index in [9.17, 15) is 14.7 Å². The van der Waals surface area contributed by atoms with Crippen molar-refractivity contribution in [3.05, 3.63) is 81.7 Å². The largest absolute Gasteiger partial charge is 0.508 e. The first kappa shape index (κ1) is 22.9. The topological polar surface area (TPSA) is 86.6 Å². The van der Waals surface area contributed by atoms with E-state index >= 15 is 0 Å². The lowest BCUT2D eigenvalue weighted by Crippen LogP contribution is -2.36. The number of aryl methyl sites for hydroxylation is 1. The highest BCUT2D eigenvalue weighted by Crippen LogP contribution is 2.20. The summed E-state index contributed by atoms with van der Waals surface area (Å²) in [7, 11) is 0. The molecule has 0 spiro atoms. The monoisotopic (exact) mass is 508 g/mol. The first-order valence-electron chi connectivity index (χ1n) is 10.9. The molecular weight excluding hydrogens is 484 g/mol. The Morgan fingerprint density at radius 1 is 1.06 bits per heavy atom. The number of amides is 1. The fourth-order valence-electron chi connectivity index (χ4n) is 3.95. The molecule has 3 aromatic rings. The number of pyridine rings is 2. The van der Waals surface area contributed by atoms with Crippen molar-refractivity contribution in [3.63, 3.8) is 0 Å². The molecule has 0 atom stereocenters. The lowest BCUT2D eigenvalue weighted by atomic mass is 10.1. The molecule has 1 saturated heterocycles. The molecule has 1 aliphatic heterocycles. The van der Waals surface area contributed by atoms with Crippen LogP contribution in [-0.2, 0) is 11.2 Å². The SMILES string of the molecule is Cc1ncc(Br)cc1C(=O)c1cccc(N2CCCN(C(=O)Cc3cccc(O)c3)CC2)n1. The molecule has 0 aliphatic carbocycles. The standard InChI is InChI=1S/C25H25BrN4O3/c1-17-21(15-19(26)16-27-17)25(33)22-7-3-8-23(28-22)29-9-4-10-30(12-11-29)24(32)14-18-5-2-6-20(31)13-18/h2-3,5-8,13,15-16,31H,4,9-12,14H2,1H3. The smallest absolute Gasteiger partial charge is 0.227 e. The molecule has 1 amide bonds. The van der Waals surface area contributed by atoms with Gasteiger partial charge < -0.3 is 14.9 Å². The molecule has 0 bridgehead atoms. The molecule has 1 aromatic carbocycles. The maximum Gasteiger partial charge on any atom is 0.227 e. The number of carbonyl (C=O) groups excluding carboxylic acids is 2. The first-order chi connectivity index (χ1) is 15.9. The van der Waals surface area contributed by atoms with Gasteiger partial charge in [-0.3, -0.25) is 14.6 Å². The average molecular weight is 509 g/mol. The lowest BCUT2D eigenvalue weighted by molar-refractivity contribution is -0.130. The quantitative estimate of drug-likeness (QED) is 0.528. The van der Waals surface area contributed by atoms with Crippen LogP contribution < -0.4 is 4.90 Å². The predicted molar refractivity (Wildman–Crippen MR) is 130 cm³/mol. The Hall–Kier alpha value is -3.26. The molecule has 0 saturated carbocycles. The summed E-state index contributed by atoms with van der Waals surface area (Å²) in [5, 5.41) is 9.64. The Kier molecular flexibility index (Phi) is 7.03. The molecule has 2 aromatic heterocycles. The zero-order valence-corrected chi connectivity index (χ0v) is 20.0. The minimum atomic E-state index is -0.166. The van der Waals surface area contributed by atoms with E-state index in [2.05, 4.69) is 30.8 Å². The number of phenols is 1. The fourth-order valence-corrected chi connectivity index (χ4v) is 4.28. The van der Waals surface area contributed by atoms with Crippen LogP contribution in [0.4, 0.5) is 5.82 Å². The Bertz CT molecular complexity index is 1180. The van der Waals surface area contributed by atoms with Gasteiger partial charge in [-0.2, -0.15) is 0 Å². The molecule has 1 aliphatic rings. The van der Waals surface area contributed by atoms with Gasteiger partial charge in [0.25, 0.3) is 0 Å². The molecule has 8 heteroatoms. The van der Waals surface area contributed by atoms with Crippen LogP contribution in [0.25, 0.3) is 0 Å². The van der Waals surface area contributed by atoms with Gasteiger partial charge in [-0.15, -0.1) is 0 Å². The third-order valence-electron chi connectivity index (χ3n) is 5.70. The van der Waals surface area contributed by atoms with E-state index in [1.165, 1.54) is 0 Å². The number of nitrogens with zero attached hydrogens (tertiary/aromatic N) is 4. The number of hydrogen-bond donors (Lipinski definition) is 1. The van der Waals surface area contributed by atoms with Gasteiger partial charge in [0, 0.05) is 48.1 Å². The van der Waals surface area contributed by atoms with Crippen molar-refractivity contribution in [1.29, 1.82) is 0 Å². The van der Waals surface area contributed by atoms with Gasteiger partial charge in [0.05, 0.1) is 6.42 Å². The van der Waals surface area contributed by atoms with Crippen molar-refractivity contribution in [2.45, 2.75) is 19.8 Å². The van der Waals surface area contributed by atoms with E-state index < -0.39 is 0 Å². The van der Waals surface area contributed by atoms with E-state index in [-0.39, 0.29) is 23.9 Å². The number of phenolic OH excluding ortho intramolecular Hbond substituents is 1. The van der Waals surface area contributed by atoms with Gasteiger partial charge in [0.2, 0.25) is 11.7 Å². The number of halogens is 1. The predicted octanol–water partition coefficient (Wildman–Crippen LogP) is 3.77. The Morgan fingerprint density at radius 2 is 1.88 bits per heavy atom. The maximum absolute atomic E-state index is 13.0. The van der Waals surface area contributed by atoms with E-state index in [1.54, 1.807) is 43.5 Å². The molecule has 170 valence electrons. The van der Waals surface area contributed by atoms with Crippen molar-refractivity contribution in [2.75, 3.05) is 31.1 Å². The summed E-state index contributed by atoms with van der Waals surface area (Å²) < 4.78 is 0.746. The van der Waals surface area contributed by atoms with Crippen molar-refractivity contribution in [3.8, 4) is 5.75 Å². The van der Waals surface area contributed by atoms with Gasteiger partial charge in [0.1, 0.15) is 17.3 Å². The summed E-state index contributed by atoms with van der Waals surface area (Å²) in [5.41, 5.74) is 2.35. The van der Waals surface area contributed by atoms with Crippen molar-refractivity contribution < 1.29 is 14.7 Å². The number of ketones is 1. The molecule has 33 heavy (non-hydrogen) atoms. The highest BCUT2D eigenvalue weighted by molar-refractivity contribution is 9.10. The van der Waals surface area contributed by atoms with Crippen molar-refractivity contribution in [2.24, 2.45) is 0 Å². The van der Waals surface area contributed by atoms with Crippen LogP contribution in [0.2, 0.25) is 0 Å². The Morgan fingerprint density at radius 3 is 2.70 bits per heavy atom. The number of aromatic nitrogens is 2. The third-order valence-corrected chi connectivity index (χ3v) is 6.14. The maximum atomic E-state index is 13.0.